The van der Waals surface area contributed by atoms with Crippen molar-refractivity contribution in [1.29, 1.82) is 0 Å². The first kappa shape index (κ1) is 18.0. The molecule has 0 radical (unpaired) electrons. The number of nitrogens with zero attached hydrogens (tertiary/aromatic N) is 3. The first-order valence-electron chi connectivity index (χ1n) is 7.63. The van der Waals surface area contributed by atoms with Crippen LogP contribution in [-0.2, 0) is 9.53 Å². The first-order chi connectivity index (χ1) is 11.6. The minimum Gasteiger partial charge on any atom is -0.463 e. The quantitative estimate of drug-likeness (QED) is 0.455. The van der Waals surface area contributed by atoms with E-state index in [0.29, 0.717) is 24.9 Å². The standard InChI is InChI=1S/C14H19N5O4S/c1-23-12(21)11-17-14(24-19-11)18-13(22)16-7-10-4-2-3-9(5-10)6-15-8-20/h9-10H,2-7H2,1H3,(H2,16,17,18,19,22). The predicted octanol–water partition coefficient (Wildman–Crippen LogP) is 1.59. The summed E-state index contributed by atoms with van der Waals surface area (Å²) in [4.78, 5) is 40.8. The number of aliphatic imine (C=N–C) groups is 1. The molecule has 10 heteroatoms. The van der Waals surface area contributed by atoms with Crippen molar-refractivity contribution in [3.05, 3.63) is 5.82 Å². The number of methoxy groups -OCH3 is 1. The maximum Gasteiger partial charge on any atom is 0.377 e. The second-order valence-corrected chi connectivity index (χ2v) is 6.33. The summed E-state index contributed by atoms with van der Waals surface area (Å²) in [5.41, 5.74) is 0. The lowest BCUT2D eigenvalue weighted by molar-refractivity contribution is 0.0588. The van der Waals surface area contributed by atoms with Gasteiger partial charge in [0.25, 0.3) is 5.82 Å². The summed E-state index contributed by atoms with van der Waals surface area (Å²) < 4.78 is 8.30. The fourth-order valence-corrected chi connectivity index (χ4v) is 3.30. The minimum absolute atomic E-state index is 0.0799. The summed E-state index contributed by atoms with van der Waals surface area (Å²) >= 11 is 0.910. The number of rotatable bonds is 6. The van der Waals surface area contributed by atoms with Crippen LogP contribution >= 0.6 is 11.5 Å². The van der Waals surface area contributed by atoms with E-state index >= 15 is 0 Å². The van der Waals surface area contributed by atoms with Gasteiger partial charge in [-0.05, 0) is 31.1 Å². The Morgan fingerprint density at radius 2 is 2.21 bits per heavy atom. The number of nitrogens with one attached hydrogen (secondary N) is 2. The number of carbonyl (C=O) groups excluding carboxylic acids is 3. The number of hydrogen-bond donors (Lipinski definition) is 2. The zero-order valence-corrected chi connectivity index (χ0v) is 14.1. The molecule has 2 unspecified atom stereocenters. The van der Waals surface area contributed by atoms with Gasteiger partial charge in [0.1, 0.15) is 0 Å². The summed E-state index contributed by atoms with van der Waals surface area (Å²) in [5, 5.41) is 5.57. The van der Waals surface area contributed by atoms with E-state index in [2.05, 4.69) is 29.7 Å². The van der Waals surface area contributed by atoms with Crippen molar-refractivity contribution in [2.75, 3.05) is 25.5 Å². The van der Waals surface area contributed by atoms with Crippen LogP contribution in [0.25, 0.3) is 0 Å². The fourth-order valence-electron chi connectivity index (χ4n) is 2.75. The Kier molecular flexibility index (Phi) is 6.83. The highest BCUT2D eigenvalue weighted by Crippen LogP contribution is 2.28. The van der Waals surface area contributed by atoms with Gasteiger partial charge in [0.15, 0.2) is 0 Å². The molecule has 1 saturated carbocycles. The molecular formula is C14H19N5O4S. The third-order valence-electron chi connectivity index (χ3n) is 3.87. The zero-order chi connectivity index (χ0) is 17.4. The summed E-state index contributed by atoms with van der Waals surface area (Å²) in [6.07, 6.45) is 5.65. The van der Waals surface area contributed by atoms with Crippen LogP contribution in [0.5, 0.6) is 0 Å². The van der Waals surface area contributed by atoms with Crippen molar-refractivity contribution in [2.24, 2.45) is 16.8 Å². The van der Waals surface area contributed by atoms with Gasteiger partial charge in [0, 0.05) is 18.1 Å². The number of hydrogen-bond acceptors (Lipinski definition) is 8. The minimum atomic E-state index is -0.647. The topological polar surface area (TPSA) is 123 Å². The fraction of sp³-hybridized carbons (Fsp3) is 0.643. The summed E-state index contributed by atoms with van der Waals surface area (Å²) in [6, 6.07) is -0.393. The molecular weight excluding hydrogens is 334 g/mol. The molecule has 9 nitrogen and oxygen atoms in total. The lowest BCUT2D eigenvalue weighted by Crippen LogP contribution is -2.35. The molecule has 24 heavy (non-hydrogen) atoms. The molecule has 1 aliphatic rings. The van der Waals surface area contributed by atoms with Crippen LogP contribution in [0.1, 0.15) is 36.3 Å². The lowest BCUT2D eigenvalue weighted by atomic mass is 9.81. The Labute approximate surface area is 143 Å². The second kappa shape index (κ2) is 9.09. The van der Waals surface area contributed by atoms with E-state index in [1.54, 1.807) is 6.08 Å². The van der Waals surface area contributed by atoms with Gasteiger partial charge in [-0.2, -0.15) is 9.36 Å². The molecule has 1 aromatic heterocycles. The summed E-state index contributed by atoms with van der Waals surface area (Å²) in [7, 11) is 1.24. The molecule has 1 fully saturated rings. The molecule has 0 saturated heterocycles. The van der Waals surface area contributed by atoms with Gasteiger partial charge < -0.3 is 10.1 Å². The van der Waals surface area contributed by atoms with Gasteiger partial charge in [0.05, 0.1) is 13.7 Å². The zero-order valence-electron chi connectivity index (χ0n) is 13.3. The third-order valence-corrected chi connectivity index (χ3v) is 4.50. The average molecular weight is 353 g/mol. The van der Waals surface area contributed by atoms with Crippen LogP contribution in [0, 0.1) is 11.8 Å². The Hall–Kier alpha value is -2.32. The molecule has 2 N–H and O–H groups in total. The maximum absolute atomic E-state index is 11.9. The molecule has 2 rings (SSSR count). The Bertz CT molecular complexity index is 628. The second-order valence-electron chi connectivity index (χ2n) is 5.58. The SMILES string of the molecule is COC(=O)c1nsc(NC(=O)NCC2CCCC(CN=C=O)C2)n1. The smallest absolute Gasteiger partial charge is 0.377 e. The monoisotopic (exact) mass is 353 g/mol. The molecule has 1 aromatic rings. The van der Waals surface area contributed by atoms with E-state index < -0.39 is 12.0 Å². The average Bonchev–Trinajstić information content (AvgIpc) is 3.06. The molecule has 1 aliphatic carbocycles. The molecule has 0 bridgehead atoms. The number of urea groups is 1. The highest BCUT2D eigenvalue weighted by atomic mass is 32.1. The third kappa shape index (κ3) is 5.39. The number of ether oxygens (including phenoxy) is 1. The van der Waals surface area contributed by atoms with Crippen LogP contribution in [0.3, 0.4) is 0 Å². The summed E-state index contributed by atoms with van der Waals surface area (Å²) in [5.74, 6) is 0.00633. The van der Waals surface area contributed by atoms with E-state index in [1.165, 1.54) is 7.11 Å². The molecule has 130 valence electrons. The van der Waals surface area contributed by atoms with Crippen molar-refractivity contribution in [3.63, 3.8) is 0 Å². The van der Waals surface area contributed by atoms with Gasteiger partial charge in [-0.3, -0.25) is 5.32 Å². The van der Waals surface area contributed by atoms with Gasteiger partial charge in [0.2, 0.25) is 11.2 Å². The normalized spacial score (nSPS) is 19.9. The molecule has 0 aliphatic heterocycles. The molecule has 2 amide bonds. The van der Waals surface area contributed by atoms with Crippen LogP contribution in [0.4, 0.5) is 9.93 Å². The van der Waals surface area contributed by atoms with E-state index in [0.717, 1.165) is 37.2 Å². The van der Waals surface area contributed by atoms with Gasteiger partial charge in [-0.1, -0.05) is 6.42 Å². The molecule has 0 aromatic carbocycles. The van der Waals surface area contributed by atoms with Gasteiger partial charge >= 0.3 is 12.0 Å². The van der Waals surface area contributed by atoms with Gasteiger partial charge in [-0.25, -0.2) is 19.4 Å². The highest BCUT2D eigenvalue weighted by molar-refractivity contribution is 7.10. The molecule has 1 heterocycles. The van der Waals surface area contributed by atoms with E-state index in [4.69, 9.17) is 0 Å². The Morgan fingerprint density at radius 1 is 1.42 bits per heavy atom. The predicted molar refractivity (Wildman–Crippen MR) is 86.7 cm³/mol. The first-order valence-corrected chi connectivity index (χ1v) is 8.40. The van der Waals surface area contributed by atoms with Crippen molar-refractivity contribution >= 4 is 34.7 Å². The van der Waals surface area contributed by atoms with Crippen LogP contribution in [0.15, 0.2) is 4.99 Å². The Balaban J connectivity index is 1.75. The van der Waals surface area contributed by atoms with Crippen LogP contribution in [0.2, 0.25) is 0 Å². The summed E-state index contributed by atoms with van der Waals surface area (Å²) in [6.45, 7) is 1.04. The number of anilines is 1. The maximum atomic E-state index is 11.9. The molecule has 2 atom stereocenters. The van der Waals surface area contributed by atoms with Crippen molar-refractivity contribution in [1.82, 2.24) is 14.7 Å². The highest BCUT2D eigenvalue weighted by Gasteiger charge is 2.22. The number of isocyanates is 1. The van der Waals surface area contributed by atoms with E-state index in [-0.39, 0.29) is 11.0 Å². The number of esters is 1. The number of carbonyl (C=O) groups is 2. The number of amides is 2. The largest absolute Gasteiger partial charge is 0.463 e. The van der Waals surface area contributed by atoms with Crippen LogP contribution in [-0.4, -0.2) is 47.6 Å². The Morgan fingerprint density at radius 3 is 2.96 bits per heavy atom. The van der Waals surface area contributed by atoms with E-state index in [9.17, 15) is 14.4 Å². The van der Waals surface area contributed by atoms with Crippen molar-refractivity contribution in [2.45, 2.75) is 25.7 Å². The van der Waals surface area contributed by atoms with E-state index in [1.807, 2.05) is 0 Å². The van der Waals surface area contributed by atoms with Crippen LogP contribution < -0.4 is 10.6 Å². The number of aromatic nitrogens is 2. The van der Waals surface area contributed by atoms with Crippen molar-refractivity contribution in [3.8, 4) is 0 Å². The lowest BCUT2D eigenvalue weighted by Gasteiger charge is -2.27. The molecule has 0 spiro atoms. The van der Waals surface area contributed by atoms with Gasteiger partial charge in [-0.15, -0.1) is 0 Å². The van der Waals surface area contributed by atoms with Crippen molar-refractivity contribution < 1.29 is 19.1 Å².